The molecule has 0 unspecified atom stereocenters. The summed E-state index contributed by atoms with van der Waals surface area (Å²) in [5.74, 6) is -0.281. The van der Waals surface area contributed by atoms with E-state index in [4.69, 9.17) is 14.2 Å². The van der Waals surface area contributed by atoms with E-state index in [1.807, 2.05) is 25.7 Å². The predicted molar refractivity (Wildman–Crippen MR) is 73.3 cm³/mol. The Morgan fingerprint density at radius 2 is 1.70 bits per heavy atom. The molecule has 1 aliphatic carbocycles. The summed E-state index contributed by atoms with van der Waals surface area (Å²) in [6, 6.07) is 0. The number of carbonyl (C=O) groups is 1. The molecule has 0 aromatic carbocycles. The smallest absolute Gasteiger partial charge is 0.254 e. The zero-order valence-electron chi connectivity index (χ0n) is 12.7. The molecule has 2 heterocycles. The second-order valence-corrected chi connectivity index (χ2v) is 6.72. The molecule has 0 aromatic rings. The van der Waals surface area contributed by atoms with Gasteiger partial charge in [0.25, 0.3) is 5.91 Å². The number of amides is 1. The Hall–Kier alpha value is -0.650. The maximum atomic E-state index is 12.3. The highest BCUT2D eigenvalue weighted by atomic mass is 16.7. The number of hydrogen-bond acceptors (Lipinski definition) is 4. The van der Waals surface area contributed by atoms with Crippen LogP contribution in [-0.2, 0) is 19.0 Å². The van der Waals surface area contributed by atoms with Gasteiger partial charge in [-0.3, -0.25) is 4.79 Å². The summed E-state index contributed by atoms with van der Waals surface area (Å²) >= 11 is 0. The molecule has 3 rings (SSSR count). The van der Waals surface area contributed by atoms with Gasteiger partial charge in [0.2, 0.25) is 0 Å². The van der Waals surface area contributed by atoms with Crippen molar-refractivity contribution in [1.29, 1.82) is 0 Å². The maximum absolute atomic E-state index is 12.3. The van der Waals surface area contributed by atoms with Crippen LogP contribution in [0.15, 0.2) is 0 Å². The summed E-state index contributed by atoms with van der Waals surface area (Å²) in [6.45, 7) is 8.61. The van der Waals surface area contributed by atoms with Gasteiger partial charge in [0.1, 0.15) is 5.60 Å². The summed E-state index contributed by atoms with van der Waals surface area (Å²) in [5, 5.41) is 0. The monoisotopic (exact) mass is 283 g/mol. The minimum absolute atomic E-state index is 0.0966. The molecule has 1 saturated carbocycles. The van der Waals surface area contributed by atoms with E-state index in [0.717, 1.165) is 32.2 Å². The molecule has 0 aromatic heterocycles. The molecule has 2 saturated heterocycles. The highest BCUT2D eigenvalue weighted by Crippen LogP contribution is 2.45. The summed E-state index contributed by atoms with van der Waals surface area (Å²) in [7, 11) is 0. The Kier molecular flexibility index (Phi) is 3.35. The van der Waals surface area contributed by atoms with Crippen molar-refractivity contribution < 1.29 is 19.0 Å². The molecule has 0 bridgehead atoms. The van der Waals surface area contributed by atoms with Crippen LogP contribution in [0, 0.1) is 0 Å². The van der Waals surface area contributed by atoms with Crippen LogP contribution in [0.1, 0.15) is 46.5 Å². The molecule has 5 heteroatoms. The minimum Gasteiger partial charge on any atom is -0.357 e. The average molecular weight is 283 g/mol. The van der Waals surface area contributed by atoms with Crippen molar-refractivity contribution in [2.24, 2.45) is 0 Å². The highest BCUT2D eigenvalue weighted by molar-refractivity contribution is 5.85. The van der Waals surface area contributed by atoms with Gasteiger partial charge in [0.15, 0.2) is 5.79 Å². The fourth-order valence-electron chi connectivity index (χ4n) is 3.81. The molecule has 20 heavy (non-hydrogen) atoms. The van der Waals surface area contributed by atoms with E-state index in [9.17, 15) is 4.79 Å². The number of carbonyl (C=O) groups excluding carboxylic acids is 1. The predicted octanol–water partition coefficient (Wildman–Crippen LogP) is 1.70. The third-order valence-electron chi connectivity index (χ3n) is 4.87. The molecule has 3 aliphatic rings. The van der Waals surface area contributed by atoms with E-state index >= 15 is 0 Å². The van der Waals surface area contributed by atoms with Crippen LogP contribution >= 0.6 is 0 Å². The third-order valence-corrected chi connectivity index (χ3v) is 4.87. The van der Waals surface area contributed by atoms with E-state index in [1.54, 1.807) is 0 Å². The number of morpholine rings is 1. The van der Waals surface area contributed by atoms with Gasteiger partial charge in [-0.15, -0.1) is 0 Å². The van der Waals surface area contributed by atoms with Crippen molar-refractivity contribution in [2.45, 2.75) is 63.4 Å². The number of likely N-dealkylation sites (N-methyl/N-ethyl adjacent to an activating group) is 1. The van der Waals surface area contributed by atoms with Gasteiger partial charge in [-0.25, -0.2) is 0 Å². The van der Waals surface area contributed by atoms with Crippen LogP contribution in [0.4, 0.5) is 0 Å². The molecular weight excluding hydrogens is 258 g/mol. The molecule has 2 aliphatic heterocycles. The van der Waals surface area contributed by atoms with E-state index in [2.05, 4.69) is 0 Å². The first-order chi connectivity index (χ1) is 9.40. The number of hydrogen-bond donors (Lipinski definition) is 0. The first-order valence-electron chi connectivity index (χ1n) is 7.68. The molecule has 0 N–H and O–H groups in total. The van der Waals surface area contributed by atoms with Crippen LogP contribution in [0.25, 0.3) is 0 Å². The van der Waals surface area contributed by atoms with E-state index in [-0.39, 0.29) is 17.3 Å². The Bertz CT molecular complexity index is 391. The van der Waals surface area contributed by atoms with Gasteiger partial charge in [-0.1, -0.05) is 0 Å². The fraction of sp³-hybridized carbons (Fsp3) is 0.933. The van der Waals surface area contributed by atoms with Crippen LogP contribution in [0.5, 0.6) is 0 Å². The first-order valence-corrected chi connectivity index (χ1v) is 7.68. The second kappa shape index (κ2) is 4.68. The largest absolute Gasteiger partial charge is 0.357 e. The molecular formula is C15H25NO4. The first kappa shape index (κ1) is 14.3. The number of rotatable bonds is 1. The van der Waals surface area contributed by atoms with Crippen molar-refractivity contribution in [2.75, 3.05) is 26.3 Å². The Morgan fingerprint density at radius 1 is 1.10 bits per heavy atom. The van der Waals surface area contributed by atoms with Crippen LogP contribution in [0.3, 0.4) is 0 Å². The van der Waals surface area contributed by atoms with E-state index in [1.165, 1.54) is 0 Å². The zero-order valence-corrected chi connectivity index (χ0v) is 12.7. The standard InChI is InChI=1S/C15H25NO4/c1-4-16-11-14(20-13(2,3)12(16)17)5-7-15(8-6-14)18-9-10-19-15/h4-11H2,1-3H3. The SMILES string of the molecule is CCN1CC2(CCC3(CC2)OCCO3)OC(C)(C)C1=O. The van der Waals surface area contributed by atoms with Crippen LogP contribution < -0.4 is 0 Å². The second-order valence-electron chi connectivity index (χ2n) is 6.72. The highest BCUT2D eigenvalue weighted by Gasteiger charge is 2.54. The number of ether oxygens (including phenoxy) is 3. The van der Waals surface area contributed by atoms with Crippen molar-refractivity contribution in [3.63, 3.8) is 0 Å². The van der Waals surface area contributed by atoms with Gasteiger partial charge in [-0.05, 0) is 33.6 Å². The lowest BCUT2D eigenvalue weighted by atomic mass is 9.78. The fourth-order valence-corrected chi connectivity index (χ4v) is 3.81. The summed E-state index contributed by atoms with van der Waals surface area (Å²) in [4.78, 5) is 14.2. The molecule has 0 radical (unpaired) electrons. The van der Waals surface area contributed by atoms with Crippen molar-refractivity contribution in [1.82, 2.24) is 4.90 Å². The van der Waals surface area contributed by atoms with Crippen LogP contribution in [0.2, 0.25) is 0 Å². The molecule has 1 amide bonds. The molecule has 0 atom stereocenters. The van der Waals surface area contributed by atoms with Gasteiger partial charge in [0.05, 0.1) is 18.8 Å². The third kappa shape index (κ3) is 2.26. The van der Waals surface area contributed by atoms with E-state index in [0.29, 0.717) is 19.8 Å². The lowest BCUT2D eigenvalue weighted by molar-refractivity contribution is -0.248. The lowest BCUT2D eigenvalue weighted by Crippen LogP contribution is -2.64. The lowest BCUT2D eigenvalue weighted by Gasteiger charge is -2.52. The zero-order chi connectivity index (χ0) is 14.4. The van der Waals surface area contributed by atoms with Crippen molar-refractivity contribution in [3.05, 3.63) is 0 Å². The molecule has 2 spiro atoms. The van der Waals surface area contributed by atoms with Gasteiger partial charge in [0, 0.05) is 25.9 Å². The van der Waals surface area contributed by atoms with Gasteiger partial charge in [-0.2, -0.15) is 0 Å². The quantitative estimate of drug-likeness (QED) is 0.735. The average Bonchev–Trinajstić information content (AvgIpc) is 2.87. The molecule has 114 valence electrons. The van der Waals surface area contributed by atoms with Gasteiger partial charge < -0.3 is 19.1 Å². The summed E-state index contributed by atoms with van der Waals surface area (Å²) < 4.78 is 17.8. The molecule has 5 nitrogen and oxygen atoms in total. The van der Waals surface area contributed by atoms with E-state index < -0.39 is 5.60 Å². The number of nitrogens with zero attached hydrogens (tertiary/aromatic N) is 1. The van der Waals surface area contributed by atoms with Crippen molar-refractivity contribution in [3.8, 4) is 0 Å². The topological polar surface area (TPSA) is 48.0 Å². The Labute approximate surface area is 120 Å². The Balaban J connectivity index is 1.75. The maximum Gasteiger partial charge on any atom is 0.254 e. The summed E-state index contributed by atoms with van der Waals surface area (Å²) in [5.41, 5.74) is -0.954. The minimum atomic E-state index is -0.726. The Morgan fingerprint density at radius 3 is 2.25 bits per heavy atom. The van der Waals surface area contributed by atoms with Gasteiger partial charge >= 0.3 is 0 Å². The normalized spacial score (nSPS) is 31.1. The molecule has 3 fully saturated rings. The summed E-state index contributed by atoms with van der Waals surface area (Å²) in [6.07, 6.45) is 3.49. The van der Waals surface area contributed by atoms with Crippen molar-refractivity contribution >= 4 is 5.91 Å². The van der Waals surface area contributed by atoms with Crippen LogP contribution in [-0.4, -0.2) is 54.1 Å².